The van der Waals surface area contributed by atoms with Crippen LogP contribution in [0, 0.1) is 11.8 Å². The molecule has 1 aliphatic heterocycles. The Morgan fingerprint density at radius 3 is 2.54 bits per heavy atom. The molecule has 0 aromatic heterocycles. The van der Waals surface area contributed by atoms with Crippen LogP contribution in [0.1, 0.15) is 20.3 Å². The van der Waals surface area contributed by atoms with Crippen LogP contribution >= 0.6 is 0 Å². The van der Waals surface area contributed by atoms with Gasteiger partial charge in [0, 0.05) is 25.9 Å². The molecule has 1 fully saturated rings. The Kier molecular flexibility index (Phi) is 3.22. The number of halogens is 2. The summed E-state index contributed by atoms with van der Waals surface area (Å²) >= 11 is 0. The molecule has 1 rings (SSSR count). The first-order valence-electron chi connectivity index (χ1n) is 4.54. The van der Waals surface area contributed by atoms with Crippen LogP contribution in [0.3, 0.4) is 0 Å². The Bertz CT molecular complexity index is 196. The Morgan fingerprint density at radius 2 is 2.08 bits per heavy atom. The number of alkyl halides is 2. The lowest BCUT2D eigenvalue weighted by molar-refractivity contribution is -0.133. The number of carbonyl (C=O) groups is 1. The summed E-state index contributed by atoms with van der Waals surface area (Å²) in [5.74, 6) is -0.540. The van der Waals surface area contributed by atoms with Crippen LogP contribution < -0.4 is 0 Å². The van der Waals surface area contributed by atoms with E-state index in [0.717, 1.165) is 0 Å². The molecule has 1 saturated heterocycles. The summed E-state index contributed by atoms with van der Waals surface area (Å²) in [7, 11) is 0. The smallest absolute Gasteiger partial charge is 0.243 e. The van der Waals surface area contributed by atoms with Gasteiger partial charge in [-0.05, 0) is 12.3 Å². The second-order valence-electron chi connectivity index (χ2n) is 3.86. The molecule has 2 nitrogen and oxygen atoms in total. The molecular formula is C9H15F2NO. The van der Waals surface area contributed by atoms with Gasteiger partial charge < -0.3 is 4.90 Å². The zero-order valence-electron chi connectivity index (χ0n) is 7.96. The Hall–Kier alpha value is -0.670. The average Bonchev–Trinajstić information content (AvgIpc) is 2.03. The number of piperidine rings is 1. The highest BCUT2D eigenvalue weighted by Gasteiger charge is 2.31. The molecule has 0 aromatic carbocycles. The molecular weight excluding hydrogens is 176 g/mol. The second kappa shape index (κ2) is 4.03. The second-order valence-corrected chi connectivity index (χ2v) is 3.86. The Balaban J connectivity index is 2.57. The van der Waals surface area contributed by atoms with Crippen molar-refractivity contribution >= 4 is 5.91 Å². The van der Waals surface area contributed by atoms with Crippen LogP contribution in [0.4, 0.5) is 8.78 Å². The van der Waals surface area contributed by atoms with Gasteiger partial charge in [-0.2, -0.15) is 0 Å². The Morgan fingerprint density at radius 1 is 1.46 bits per heavy atom. The van der Waals surface area contributed by atoms with Gasteiger partial charge in [0.1, 0.15) is 0 Å². The number of hydrogen-bond donors (Lipinski definition) is 0. The minimum Gasteiger partial charge on any atom is -0.342 e. The summed E-state index contributed by atoms with van der Waals surface area (Å²) in [6.07, 6.45) is -1.77. The van der Waals surface area contributed by atoms with Crippen molar-refractivity contribution in [3.8, 4) is 0 Å². The molecule has 0 aromatic rings. The van der Waals surface area contributed by atoms with Crippen LogP contribution in [0.15, 0.2) is 0 Å². The SMILES string of the molecule is CC(=O)N1CC(C)CC(C(F)F)C1. The number of rotatable bonds is 1. The van der Waals surface area contributed by atoms with Gasteiger partial charge in [0.05, 0.1) is 0 Å². The maximum atomic E-state index is 12.4. The molecule has 13 heavy (non-hydrogen) atoms. The monoisotopic (exact) mass is 191 g/mol. The van der Waals surface area contributed by atoms with Gasteiger partial charge in [-0.25, -0.2) is 8.78 Å². The lowest BCUT2D eigenvalue weighted by Crippen LogP contribution is -2.44. The van der Waals surface area contributed by atoms with E-state index < -0.39 is 12.3 Å². The first kappa shape index (κ1) is 10.4. The molecule has 0 aliphatic carbocycles. The van der Waals surface area contributed by atoms with Crippen LogP contribution in [-0.2, 0) is 4.79 Å². The van der Waals surface area contributed by atoms with Crippen LogP contribution in [0.2, 0.25) is 0 Å². The van der Waals surface area contributed by atoms with Crippen LogP contribution in [-0.4, -0.2) is 30.3 Å². The third-order valence-electron chi connectivity index (χ3n) is 2.49. The van der Waals surface area contributed by atoms with Gasteiger partial charge in [-0.15, -0.1) is 0 Å². The lowest BCUT2D eigenvalue weighted by Gasteiger charge is -2.35. The van der Waals surface area contributed by atoms with Crippen molar-refractivity contribution in [2.75, 3.05) is 13.1 Å². The van der Waals surface area contributed by atoms with Crippen molar-refractivity contribution in [2.24, 2.45) is 11.8 Å². The zero-order chi connectivity index (χ0) is 10.0. The third-order valence-corrected chi connectivity index (χ3v) is 2.49. The molecule has 0 bridgehead atoms. The predicted molar refractivity (Wildman–Crippen MR) is 45.5 cm³/mol. The fourth-order valence-electron chi connectivity index (χ4n) is 1.84. The summed E-state index contributed by atoms with van der Waals surface area (Å²) in [5, 5.41) is 0. The van der Waals surface area contributed by atoms with E-state index in [-0.39, 0.29) is 18.4 Å². The predicted octanol–water partition coefficient (Wildman–Crippen LogP) is 1.76. The van der Waals surface area contributed by atoms with E-state index in [2.05, 4.69) is 0 Å². The minimum atomic E-state index is -2.30. The van der Waals surface area contributed by atoms with E-state index in [4.69, 9.17) is 0 Å². The number of carbonyl (C=O) groups excluding carboxylic acids is 1. The van der Waals surface area contributed by atoms with Gasteiger partial charge in [0.15, 0.2) is 0 Å². The van der Waals surface area contributed by atoms with Crippen molar-refractivity contribution in [3.05, 3.63) is 0 Å². The zero-order valence-corrected chi connectivity index (χ0v) is 7.96. The number of likely N-dealkylation sites (tertiary alicyclic amines) is 1. The highest BCUT2D eigenvalue weighted by molar-refractivity contribution is 5.73. The summed E-state index contributed by atoms with van der Waals surface area (Å²) in [6.45, 7) is 4.18. The van der Waals surface area contributed by atoms with Crippen molar-refractivity contribution in [3.63, 3.8) is 0 Å². The van der Waals surface area contributed by atoms with Gasteiger partial charge in [0.2, 0.25) is 12.3 Å². The quantitative estimate of drug-likeness (QED) is 0.618. The van der Waals surface area contributed by atoms with Crippen molar-refractivity contribution < 1.29 is 13.6 Å². The van der Waals surface area contributed by atoms with E-state index in [1.165, 1.54) is 11.8 Å². The first-order valence-corrected chi connectivity index (χ1v) is 4.54. The fraction of sp³-hybridized carbons (Fsp3) is 0.889. The van der Waals surface area contributed by atoms with Crippen LogP contribution in [0.25, 0.3) is 0 Å². The van der Waals surface area contributed by atoms with Crippen LogP contribution in [0.5, 0.6) is 0 Å². The lowest BCUT2D eigenvalue weighted by atomic mass is 9.91. The molecule has 4 heteroatoms. The average molecular weight is 191 g/mol. The van der Waals surface area contributed by atoms with Gasteiger partial charge in [-0.3, -0.25) is 4.79 Å². The van der Waals surface area contributed by atoms with E-state index in [1.54, 1.807) is 0 Å². The summed E-state index contributed by atoms with van der Waals surface area (Å²) in [4.78, 5) is 12.5. The topological polar surface area (TPSA) is 20.3 Å². The number of amides is 1. The van der Waals surface area contributed by atoms with E-state index >= 15 is 0 Å². The highest BCUT2D eigenvalue weighted by atomic mass is 19.3. The molecule has 1 heterocycles. The van der Waals surface area contributed by atoms with Crippen molar-refractivity contribution in [1.82, 2.24) is 4.90 Å². The van der Waals surface area contributed by atoms with E-state index in [1.807, 2.05) is 6.92 Å². The van der Waals surface area contributed by atoms with Gasteiger partial charge in [0.25, 0.3) is 0 Å². The first-order chi connectivity index (χ1) is 6.00. The summed E-state index contributed by atoms with van der Waals surface area (Å²) in [5.41, 5.74) is 0. The number of hydrogen-bond acceptors (Lipinski definition) is 1. The summed E-state index contributed by atoms with van der Waals surface area (Å²) < 4.78 is 24.8. The molecule has 76 valence electrons. The van der Waals surface area contributed by atoms with E-state index in [0.29, 0.717) is 13.0 Å². The number of nitrogens with zero attached hydrogens (tertiary/aromatic N) is 1. The Labute approximate surface area is 76.9 Å². The standard InChI is InChI=1S/C9H15F2NO/c1-6-3-8(9(10)11)5-12(4-6)7(2)13/h6,8-9H,3-5H2,1-2H3. The van der Waals surface area contributed by atoms with E-state index in [9.17, 15) is 13.6 Å². The molecule has 2 unspecified atom stereocenters. The molecule has 1 amide bonds. The maximum absolute atomic E-state index is 12.4. The van der Waals surface area contributed by atoms with Crippen molar-refractivity contribution in [1.29, 1.82) is 0 Å². The normalized spacial score (nSPS) is 29.5. The third kappa shape index (κ3) is 2.64. The molecule has 2 atom stereocenters. The summed E-state index contributed by atoms with van der Waals surface area (Å²) in [6, 6.07) is 0. The highest BCUT2D eigenvalue weighted by Crippen LogP contribution is 2.26. The largest absolute Gasteiger partial charge is 0.342 e. The molecule has 0 radical (unpaired) electrons. The molecule has 0 saturated carbocycles. The van der Waals surface area contributed by atoms with Gasteiger partial charge >= 0.3 is 0 Å². The minimum absolute atomic E-state index is 0.0998. The van der Waals surface area contributed by atoms with Crippen molar-refractivity contribution in [2.45, 2.75) is 26.7 Å². The molecule has 0 N–H and O–H groups in total. The molecule has 1 aliphatic rings. The fourth-order valence-corrected chi connectivity index (χ4v) is 1.84. The molecule has 0 spiro atoms. The van der Waals surface area contributed by atoms with Gasteiger partial charge in [-0.1, -0.05) is 6.92 Å². The maximum Gasteiger partial charge on any atom is 0.243 e.